The molecule has 0 bridgehead atoms. The number of amides is 1. The zero-order valence-electron chi connectivity index (χ0n) is 17.2. The summed E-state index contributed by atoms with van der Waals surface area (Å²) in [4.78, 5) is 23.6. The summed E-state index contributed by atoms with van der Waals surface area (Å²) in [7, 11) is -4.77. The van der Waals surface area contributed by atoms with Crippen molar-refractivity contribution >= 4 is 31.1 Å². The van der Waals surface area contributed by atoms with Gasteiger partial charge in [0.1, 0.15) is 19.4 Å². The highest BCUT2D eigenvalue weighted by atomic mass is 35.5. The molecule has 0 spiro atoms. The van der Waals surface area contributed by atoms with Crippen LogP contribution >= 0.6 is 19.2 Å². The molecule has 14 heteroatoms. The topological polar surface area (TPSA) is 88.6 Å². The van der Waals surface area contributed by atoms with Gasteiger partial charge in [0.05, 0.1) is 32.1 Å². The summed E-state index contributed by atoms with van der Waals surface area (Å²) < 4.78 is 67.7. The van der Waals surface area contributed by atoms with E-state index in [2.05, 4.69) is 28.4 Å². The summed E-state index contributed by atoms with van der Waals surface area (Å²) >= 11 is 5.36. The van der Waals surface area contributed by atoms with Crippen LogP contribution in [0.25, 0.3) is 0 Å². The fourth-order valence-electron chi connectivity index (χ4n) is 1.98. The zero-order chi connectivity index (χ0) is 25.5. The molecule has 0 aliphatic rings. The summed E-state index contributed by atoms with van der Waals surface area (Å²) in [5, 5.41) is 1.54. The zero-order valence-corrected chi connectivity index (χ0v) is 18.9. The van der Waals surface area contributed by atoms with Crippen molar-refractivity contribution in [3.63, 3.8) is 0 Å². The Morgan fingerprint density at radius 2 is 1.33 bits per heavy atom. The highest BCUT2D eigenvalue weighted by molar-refractivity contribution is 7.53. The Bertz CT molecular complexity index is 814. The fourth-order valence-corrected chi connectivity index (χ4v) is 3.77. The van der Waals surface area contributed by atoms with Crippen molar-refractivity contribution in [1.82, 2.24) is 15.0 Å². The molecule has 0 saturated heterocycles. The van der Waals surface area contributed by atoms with Crippen molar-refractivity contribution in [3.8, 4) is 49.4 Å². The summed E-state index contributed by atoms with van der Waals surface area (Å²) in [6.07, 6.45) is 13.9. The van der Waals surface area contributed by atoms with Gasteiger partial charge in [-0.15, -0.1) is 37.3 Å². The third kappa shape index (κ3) is 12.2. The molecule has 0 saturated carbocycles. The number of nitrogens with zero attached hydrogens (tertiary/aromatic N) is 3. The van der Waals surface area contributed by atoms with Crippen LogP contribution < -0.4 is 0 Å². The standard InChI is InChI=1S/C19H20ClF3N3O6P/c1-5-10-25(11-6-2)31-33(29,32-26(12-7-3)13-8-4)16-24(18(28)19(21,22)23)15-17(27)30-14-9-20/h1-4H,9-16H2. The van der Waals surface area contributed by atoms with Crippen molar-refractivity contribution in [3.05, 3.63) is 0 Å². The number of alkyl halides is 4. The Labute approximate surface area is 194 Å². The van der Waals surface area contributed by atoms with E-state index in [-0.39, 0.29) is 43.6 Å². The van der Waals surface area contributed by atoms with Gasteiger partial charge in [0.25, 0.3) is 0 Å². The number of terminal acetylenes is 4. The summed E-state index contributed by atoms with van der Waals surface area (Å²) in [6, 6.07) is 0. The van der Waals surface area contributed by atoms with E-state index in [1.807, 2.05) is 0 Å². The molecule has 0 aromatic carbocycles. The lowest BCUT2D eigenvalue weighted by atomic mass is 10.5. The van der Waals surface area contributed by atoms with Gasteiger partial charge in [-0.2, -0.15) is 23.3 Å². The van der Waals surface area contributed by atoms with Gasteiger partial charge in [0.15, 0.2) is 0 Å². The molecule has 0 atom stereocenters. The summed E-state index contributed by atoms with van der Waals surface area (Å²) in [5.41, 5.74) is 0. The average molecular weight is 510 g/mol. The second kappa shape index (κ2) is 15.2. The lowest BCUT2D eigenvalue weighted by Crippen LogP contribution is -2.45. The number of halogens is 4. The first-order valence-corrected chi connectivity index (χ1v) is 11.0. The number of hydrogen-bond acceptors (Lipinski definition) is 8. The molecule has 1 amide bonds. The first kappa shape index (κ1) is 30.3. The molecule has 0 aliphatic heterocycles. The van der Waals surface area contributed by atoms with E-state index in [9.17, 15) is 27.3 Å². The Hall–Kier alpha value is -2.67. The first-order valence-electron chi connectivity index (χ1n) is 8.76. The average Bonchev–Trinajstić information content (AvgIpc) is 2.71. The highest BCUT2D eigenvalue weighted by Gasteiger charge is 2.46. The SMILES string of the molecule is C#CCN(CC#C)OP(=O)(CN(CC(=O)OCCCl)C(=O)C(F)(F)F)ON(CC#C)CC#C. The molecule has 0 rings (SSSR count). The highest BCUT2D eigenvalue weighted by Crippen LogP contribution is 2.50. The molecule has 0 aliphatic carbocycles. The van der Waals surface area contributed by atoms with Gasteiger partial charge < -0.3 is 9.64 Å². The van der Waals surface area contributed by atoms with Crippen LogP contribution in [0.4, 0.5) is 13.2 Å². The van der Waals surface area contributed by atoms with Crippen LogP contribution in [0, 0.1) is 49.4 Å². The van der Waals surface area contributed by atoms with E-state index >= 15 is 0 Å². The van der Waals surface area contributed by atoms with Gasteiger partial charge in [0, 0.05) is 0 Å². The number of hydroxylamine groups is 4. The lowest BCUT2D eigenvalue weighted by Gasteiger charge is -2.31. The molecular weight excluding hydrogens is 490 g/mol. The van der Waals surface area contributed by atoms with E-state index in [4.69, 9.17) is 46.5 Å². The van der Waals surface area contributed by atoms with Gasteiger partial charge in [-0.05, 0) is 0 Å². The van der Waals surface area contributed by atoms with E-state index < -0.39 is 38.5 Å². The van der Waals surface area contributed by atoms with Crippen molar-refractivity contribution in [2.75, 3.05) is 51.5 Å². The molecule has 0 radical (unpaired) electrons. The molecule has 9 nitrogen and oxygen atoms in total. The fraction of sp³-hybridized carbons (Fsp3) is 0.474. The number of rotatable bonds is 14. The third-order valence-corrected chi connectivity index (χ3v) is 4.89. The van der Waals surface area contributed by atoms with Crippen LogP contribution in [0.15, 0.2) is 0 Å². The second-order valence-electron chi connectivity index (χ2n) is 5.74. The largest absolute Gasteiger partial charge is 0.471 e. The van der Waals surface area contributed by atoms with Gasteiger partial charge >= 0.3 is 25.6 Å². The molecule has 0 heterocycles. The minimum absolute atomic E-state index is 0.120. The third-order valence-electron chi connectivity index (χ3n) is 3.08. The number of esters is 1. The van der Waals surface area contributed by atoms with E-state index in [1.54, 1.807) is 0 Å². The normalized spacial score (nSPS) is 11.2. The van der Waals surface area contributed by atoms with Crippen molar-refractivity contribution < 1.29 is 41.3 Å². The second-order valence-corrected chi connectivity index (χ2v) is 7.95. The lowest BCUT2D eigenvalue weighted by molar-refractivity contribution is -0.186. The molecule has 0 aromatic rings. The Balaban J connectivity index is 6.14. The van der Waals surface area contributed by atoms with Crippen LogP contribution in [0.1, 0.15) is 0 Å². The van der Waals surface area contributed by atoms with Crippen molar-refractivity contribution in [1.29, 1.82) is 0 Å². The number of carbonyl (C=O) groups excluding carboxylic acids is 2. The maximum absolute atomic E-state index is 13.4. The molecule has 0 unspecified atom stereocenters. The van der Waals surface area contributed by atoms with E-state index in [0.717, 1.165) is 10.1 Å². The molecule has 33 heavy (non-hydrogen) atoms. The number of carbonyl (C=O) groups is 2. The Morgan fingerprint density at radius 1 is 0.909 bits per heavy atom. The minimum Gasteiger partial charge on any atom is -0.463 e. The minimum atomic E-state index is -5.44. The van der Waals surface area contributed by atoms with Crippen LogP contribution in [0.5, 0.6) is 0 Å². The quantitative estimate of drug-likeness (QED) is 0.114. The van der Waals surface area contributed by atoms with E-state index in [1.165, 1.54) is 0 Å². The summed E-state index contributed by atoms with van der Waals surface area (Å²) in [5.74, 6) is 4.63. The van der Waals surface area contributed by atoms with Crippen LogP contribution in [0.3, 0.4) is 0 Å². The summed E-state index contributed by atoms with van der Waals surface area (Å²) in [6.45, 7) is -3.00. The van der Waals surface area contributed by atoms with Gasteiger partial charge in [-0.3, -0.25) is 14.2 Å². The van der Waals surface area contributed by atoms with Gasteiger partial charge in [-0.25, -0.2) is 9.25 Å². The first-order chi connectivity index (χ1) is 15.5. The molecule has 0 N–H and O–H groups in total. The maximum atomic E-state index is 13.4. The maximum Gasteiger partial charge on any atom is 0.471 e. The van der Waals surface area contributed by atoms with Crippen LogP contribution in [-0.2, 0) is 28.1 Å². The smallest absolute Gasteiger partial charge is 0.463 e. The molecule has 0 fully saturated rings. The van der Waals surface area contributed by atoms with Crippen molar-refractivity contribution in [2.45, 2.75) is 6.18 Å². The van der Waals surface area contributed by atoms with Gasteiger partial charge in [-0.1, -0.05) is 23.7 Å². The monoisotopic (exact) mass is 509 g/mol. The van der Waals surface area contributed by atoms with Crippen LogP contribution in [-0.4, -0.2) is 84.6 Å². The predicted molar refractivity (Wildman–Crippen MR) is 113 cm³/mol. The Morgan fingerprint density at radius 3 is 1.67 bits per heavy atom. The number of ether oxygens (including phenoxy) is 1. The van der Waals surface area contributed by atoms with Crippen LogP contribution in [0.2, 0.25) is 0 Å². The predicted octanol–water partition coefficient (Wildman–Crippen LogP) is 1.31. The number of hydrogen-bond donors (Lipinski definition) is 0. The molecule has 180 valence electrons. The van der Waals surface area contributed by atoms with Crippen molar-refractivity contribution in [2.24, 2.45) is 0 Å². The van der Waals surface area contributed by atoms with E-state index in [0.29, 0.717) is 0 Å². The molecule has 0 aromatic heterocycles. The Kier molecular flexibility index (Phi) is 14.0. The van der Waals surface area contributed by atoms with Gasteiger partial charge in [0.2, 0.25) is 0 Å². The molecular formula is C19H20ClF3N3O6P.